The zero-order valence-corrected chi connectivity index (χ0v) is 8.53. The maximum absolute atomic E-state index is 5.47. The van der Waals surface area contributed by atoms with Crippen LogP contribution in [0.5, 0.6) is 0 Å². The molecule has 0 radical (unpaired) electrons. The first-order valence-corrected chi connectivity index (χ1v) is 5.41. The third-order valence-electron chi connectivity index (χ3n) is 2.43. The molecule has 0 aromatic heterocycles. The second-order valence-corrected chi connectivity index (χ2v) is 4.17. The lowest BCUT2D eigenvalue weighted by atomic mass is 10.2. The summed E-state index contributed by atoms with van der Waals surface area (Å²) in [6.45, 7) is 1.77. The molecular formula is C9H16N2OS. The van der Waals surface area contributed by atoms with Crippen molar-refractivity contribution < 1.29 is 4.74 Å². The SMILES string of the molecule is S=C(NC[C@@H]1CCCO1)NC1CC1. The fourth-order valence-corrected chi connectivity index (χ4v) is 1.73. The van der Waals surface area contributed by atoms with E-state index in [0.717, 1.165) is 18.3 Å². The summed E-state index contributed by atoms with van der Waals surface area (Å²) < 4.78 is 5.47. The summed E-state index contributed by atoms with van der Waals surface area (Å²) in [4.78, 5) is 0. The Hall–Kier alpha value is -0.350. The first kappa shape index (κ1) is 9.21. The molecule has 4 heteroatoms. The van der Waals surface area contributed by atoms with Crippen molar-refractivity contribution in [3.8, 4) is 0 Å². The molecule has 2 N–H and O–H groups in total. The minimum atomic E-state index is 0.374. The van der Waals surface area contributed by atoms with Gasteiger partial charge in [0.2, 0.25) is 0 Å². The van der Waals surface area contributed by atoms with E-state index in [1.807, 2.05) is 0 Å². The normalized spacial score (nSPS) is 27.2. The zero-order valence-electron chi connectivity index (χ0n) is 7.71. The van der Waals surface area contributed by atoms with Crippen LogP contribution in [0.2, 0.25) is 0 Å². The molecule has 0 aromatic carbocycles. The van der Waals surface area contributed by atoms with Crippen molar-refractivity contribution in [1.82, 2.24) is 10.6 Å². The molecule has 0 amide bonds. The Bertz CT molecular complexity index is 188. The zero-order chi connectivity index (χ0) is 9.10. The lowest BCUT2D eigenvalue weighted by Gasteiger charge is -2.13. The molecule has 1 aliphatic carbocycles. The van der Waals surface area contributed by atoms with E-state index in [4.69, 9.17) is 17.0 Å². The molecule has 1 saturated heterocycles. The minimum absolute atomic E-state index is 0.374. The van der Waals surface area contributed by atoms with Crippen LogP contribution in [0, 0.1) is 0 Å². The van der Waals surface area contributed by atoms with Crippen molar-refractivity contribution in [1.29, 1.82) is 0 Å². The number of ether oxygens (including phenoxy) is 1. The summed E-state index contributed by atoms with van der Waals surface area (Å²) in [5, 5.41) is 7.22. The van der Waals surface area contributed by atoms with E-state index in [1.165, 1.54) is 25.7 Å². The van der Waals surface area contributed by atoms with E-state index in [1.54, 1.807) is 0 Å². The van der Waals surface area contributed by atoms with Crippen LogP contribution in [0.4, 0.5) is 0 Å². The van der Waals surface area contributed by atoms with Crippen molar-refractivity contribution in [2.75, 3.05) is 13.2 Å². The van der Waals surface area contributed by atoms with E-state index < -0.39 is 0 Å². The highest BCUT2D eigenvalue weighted by molar-refractivity contribution is 7.80. The highest BCUT2D eigenvalue weighted by Gasteiger charge is 2.22. The van der Waals surface area contributed by atoms with E-state index in [2.05, 4.69) is 10.6 Å². The summed E-state index contributed by atoms with van der Waals surface area (Å²) in [7, 11) is 0. The Labute approximate surface area is 84.2 Å². The van der Waals surface area contributed by atoms with Crippen molar-refractivity contribution in [2.45, 2.75) is 37.8 Å². The van der Waals surface area contributed by atoms with Crippen LogP contribution in [-0.2, 0) is 4.74 Å². The topological polar surface area (TPSA) is 33.3 Å². The molecule has 0 bridgehead atoms. The molecule has 1 aliphatic heterocycles. The van der Waals surface area contributed by atoms with Gasteiger partial charge in [-0.15, -0.1) is 0 Å². The van der Waals surface area contributed by atoms with Crippen LogP contribution in [0.1, 0.15) is 25.7 Å². The molecule has 2 rings (SSSR count). The maximum Gasteiger partial charge on any atom is 0.166 e. The van der Waals surface area contributed by atoms with Gasteiger partial charge >= 0.3 is 0 Å². The minimum Gasteiger partial charge on any atom is -0.376 e. The lowest BCUT2D eigenvalue weighted by molar-refractivity contribution is 0.114. The van der Waals surface area contributed by atoms with Crippen LogP contribution in [0.25, 0.3) is 0 Å². The predicted molar refractivity (Wildman–Crippen MR) is 55.7 cm³/mol. The molecular weight excluding hydrogens is 184 g/mol. The van der Waals surface area contributed by atoms with Gasteiger partial charge < -0.3 is 15.4 Å². The second-order valence-electron chi connectivity index (χ2n) is 3.76. The van der Waals surface area contributed by atoms with Gasteiger partial charge in [-0.05, 0) is 37.9 Å². The predicted octanol–water partition coefficient (Wildman–Crippen LogP) is 0.792. The molecule has 13 heavy (non-hydrogen) atoms. The monoisotopic (exact) mass is 200 g/mol. The van der Waals surface area contributed by atoms with Gasteiger partial charge in [0.15, 0.2) is 5.11 Å². The van der Waals surface area contributed by atoms with Crippen LogP contribution >= 0.6 is 12.2 Å². The quantitative estimate of drug-likeness (QED) is 0.660. The maximum atomic E-state index is 5.47. The van der Waals surface area contributed by atoms with Crippen molar-refractivity contribution in [2.24, 2.45) is 0 Å². The van der Waals surface area contributed by atoms with Gasteiger partial charge in [-0.2, -0.15) is 0 Å². The van der Waals surface area contributed by atoms with Gasteiger partial charge in [0.25, 0.3) is 0 Å². The Kier molecular flexibility index (Phi) is 3.01. The fraction of sp³-hybridized carbons (Fsp3) is 0.889. The largest absolute Gasteiger partial charge is 0.376 e. The van der Waals surface area contributed by atoms with Crippen molar-refractivity contribution in [3.63, 3.8) is 0 Å². The summed E-state index contributed by atoms with van der Waals surface area (Å²) in [5.74, 6) is 0. The van der Waals surface area contributed by atoms with E-state index in [-0.39, 0.29) is 0 Å². The van der Waals surface area contributed by atoms with Crippen molar-refractivity contribution in [3.05, 3.63) is 0 Å². The first-order valence-electron chi connectivity index (χ1n) is 5.00. The van der Waals surface area contributed by atoms with Gasteiger partial charge in [0.05, 0.1) is 6.10 Å². The molecule has 3 nitrogen and oxygen atoms in total. The molecule has 1 atom stereocenters. The van der Waals surface area contributed by atoms with Crippen LogP contribution in [0.15, 0.2) is 0 Å². The molecule has 0 spiro atoms. The highest BCUT2D eigenvalue weighted by atomic mass is 32.1. The molecule has 2 fully saturated rings. The molecule has 0 aromatic rings. The summed E-state index contributed by atoms with van der Waals surface area (Å²) >= 11 is 5.13. The smallest absolute Gasteiger partial charge is 0.166 e. The third-order valence-corrected chi connectivity index (χ3v) is 2.69. The Morgan fingerprint density at radius 2 is 2.23 bits per heavy atom. The van der Waals surface area contributed by atoms with Crippen molar-refractivity contribution >= 4 is 17.3 Å². The van der Waals surface area contributed by atoms with Gasteiger partial charge in [0, 0.05) is 19.2 Å². The molecule has 0 unspecified atom stereocenters. The second kappa shape index (κ2) is 4.24. The Balaban J connectivity index is 1.57. The van der Waals surface area contributed by atoms with Crippen LogP contribution in [-0.4, -0.2) is 30.4 Å². The third kappa shape index (κ3) is 3.12. The van der Waals surface area contributed by atoms with Crippen LogP contribution < -0.4 is 10.6 Å². The summed E-state index contributed by atoms with van der Waals surface area (Å²) in [5.41, 5.74) is 0. The first-order chi connectivity index (χ1) is 6.34. The number of hydrogen-bond donors (Lipinski definition) is 2. The Morgan fingerprint density at radius 3 is 2.85 bits per heavy atom. The van der Waals surface area contributed by atoms with E-state index in [0.29, 0.717) is 12.1 Å². The van der Waals surface area contributed by atoms with Gasteiger partial charge in [-0.1, -0.05) is 0 Å². The van der Waals surface area contributed by atoms with Gasteiger partial charge in [0.1, 0.15) is 0 Å². The average Bonchev–Trinajstić information content (AvgIpc) is 2.78. The highest BCUT2D eigenvalue weighted by Crippen LogP contribution is 2.18. The summed E-state index contributed by atoms with van der Waals surface area (Å²) in [6.07, 6.45) is 5.26. The standard InChI is InChI=1S/C9H16N2OS/c13-9(11-7-3-4-7)10-6-8-2-1-5-12-8/h7-8H,1-6H2,(H2,10,11,13)/t8-/m0/s1. The van der Waals surface area contributed by atoms with E-state index in [9.17, 15) is 0 Å². The average molecular weight is 200 g/mol. The van der Waals surface area contributed by atoms with Gasteiger partial charge in [-0.25, -0.2) is 0 Å². The van der Waals surface area contributed by atoms with Gasteiger partial charge in [-0.3, -0.25) is 0 Å². The fourth-order valence-electron chi connectivity index (χ4n) is 1.48. The number of rotatable bonds is 3. The molecule has 74 valence electrons. The number of nitrogens with one attached hydrogen (secondary N) is 2. The summed E-state index contributed by atoms with van der Waals surface area (Å²) in [6, 6.07) is 0.643. The molecule has 1 heterocycles. The van der Waals surface area contributed by atoms with E-state index >= 15 is 0 Å². The molecule has 1 saturated carbocycles. The Morgan fingerprint density at radius 1 is 1.38 bits per heavy atom. The molecule has 2 aliphatic rings. The lowest BCUT2D eigenvalue weighted by Crippen LogP contribution is -2.40. The number of hydrogen-bond acceptors (Lipinski definition) is 2. The van der Waals surface area contributed by atoms with Crippen LogP contribution in [0.3, 0.4) is 0 Å². The number of thiocarbonyl (C=S) groups is 1.